The molecule has 1 aromatic rings. The molecule has 2 rings (SSSR count). The molecule has 1 aromatic carbocycles. The predicted molar refractivity (Wildman–Crippen MR) is 57.2 cm³/mol. The molecule has 1 aliphatic carbocycles. The van der Waals surface area contributed by atoms with E-state index in [0.717, 1.165) is 15.4 Å². The molecule has 2 N–H and O–H groups in total. The van der Waals surface area contributed by atoms with Gasteiger partial charge in [0.1, 0.15) is 0 Å². The molecule has 3 heteroatoms. The first-order chi connectivity index (χ1) is 5.66. The van der Waals surface area contributed by atoms with Gasteiger partial charge >= 0.3 is 0 Å². The molecule has 1 saturated carbocycles. The van der Waals surface area contributed by atoms with Crippen molar-refractivity contribution >= 4 is 31.9 Å². The summed E-state index contributed by atoms with van der Waals surface area (Å²) in [6.07, 6.45) is 1.13. The Balaban J connectivity index is 2.32. The fraction of sp³-hybridized carbons (Fsp3) is 0.333. The summed E-state index contributed by atoms with van der Waals surface area (Å²) in [6.45, 7) is 0. The molecule has 1 fully saturated rings. The van der Waals surface area contributed by atoms with Gasteiger partial charge in [-0.2, -0.15) is 0 Å². The first-order valence-corrected chi connectivity index (χ1v) is 5.47. The minimum atomic E-state index is 0.381. The van der Waals surface area contributed by atoms with E-state index in [1.807, 2.05) is 6.07 Å². The van der Waals surface area contributed by atoms with Crippen molar-refractivity contribution in [3.63, 3.8) is 0 Å². The van der Waals surface area contributed by atoms with Crippen molar-refractivity contribution in [2.45, 2.75) is 18.4 Å². The normalized spacial score (nSPS) is 27.2. The summed E-state index contributed by atoms with van der Waals surface area (Å²) in [5.41, 5.74) is 7.10. The van der Waals surface area contributed by atoms with Gasteiger partial charge in [0.15, 0.2) is 0 Å². The van der Waals surface area contributed by atoms with Crippen molar-refractivity contribution in [1.82, 2.24) is 0 Å². The van der Waals surface area contributed by atoms with Crippen LogP contribution in [-0.4, -0.2) is 6.04 Å². The van der Waals surface area contributed by atoms with E-state index in [1.54, 1.807) is 0 Å². The third-order valence-corrected chi connectivity index (χ3v) is 3.07. The maximum absolute atomic E-state index is 5.77. The van der Waals surface area contributed by atoms with E-state index in [4.69, 9.17) is 5.73 Å². The SMILES string of the molecule is N[C@@H]1C[C@H]1c1cc(Br)cc(Br)c1. The zero-order valence-electron chi connectivity index (χ0n) is 6.43. The van der Waals surface area contributed by atoms with Crippen LogP contribution in [0, 0.1) is 0 Å². The summed E-state index contributed by atoms with van der Waals surface area (Å²) in [5, 5.41) is 0. The van der Waals surface area contributed by atoms with Crippen LogP contribution in [0.3, 0.4) is 0 Å². The predicted octanol–water partition coefficient (Wildman–Crippen LogP) is 3.03. The lowest BCUT2D eigenvalue weighted by Crippen LogP contribution is -2.00. The second kappa shape index (κ2) is 3.13. The lowest BCUT2D eigenvalue weighted by atomic mass is 10.1. The van der Waals surface area contributed by atoms with E-state index in [1.165, 1.54) is 5.56 Å². The molecule has 0 radical (unpaired) electrons. The van der Waals surface area contributed by atoms with Crippen LogP contribution in [-0.2, 0) is 0 Å². The lowest BCUT2D eigenvalue weighted by Gasteiger charge is -2.00. The maximum atomic E-state index is 5.77. The first-order valence-electron chi connectivity index (χ1n) is 3.88. The van der Waals surface area contributed by atoms with Gasteiger partial charge in [0, 0.05) is 20.9 Å². The van der Waals surface area contributed by atoms with Gasteiger partial charge in [-0.05, 0) is 30.2 Å². The molecular weight excluding hydrogens is 282 g/mol. The van der Waals surface area contributed by atoms with Crippen LogP contribution >= 0.6 is 31.9 Å². The van der Waals surface area contributed by atoms with E-state index >= 15 is 0 Å². The van der Waals surface area contributed by atoms with E-state index < -0.39 is 0 Å². The number of nitrogens with two attached hydrogens (primary N) is 1. The fourth-order valence-electron chi connectivity index (χ4n) is 1.39. The molecule has 0 aromatic heterocycles. The van der Waals surface area contributed by atoms with E-state index in [9.17, 15) is 0 Å². The Bertz CT molecular complexity index is 291. The van der Waals surface area contributed by atoms with Crippen molar-refractivity contribution in [2.24, 2.45) is 5.73 Å². The summed E-state index contributed by atoms with van der Waals surface area (Å²) in [5.74, 6) is 0.582. The zero-order chi connectivity index (χ0) is 8.72. The third-order valence-electron chi connectivity index (χ3n) is 2.15. The smallest absolute Gasteiger partial charge is 0.0189 e. The van der Waals surface area contributed by atoms with Crippen molar-refractivity contribution < 1.29 is 0 Å². The van der Waals surface area contributed by atoms with E-state index in [2.05, 4.69) is 44.0 Å². The minimum absolute atomic E-state index is 0.381. The second-order valence-electron chi connectivity index (χ2n) is 3.21. The van der Waals surface area contributed by atoms with Crippen molar-refractivity contribution in [3.05, 3.63) is 32.7 Å². The summed E-state index contributed by atoms with van der Waals surface area (Å²) in [6, 6.07) is 6.70. The standard InChI is InChI=1S/C9H9Br2N/c10-6-1-5(2-7(11)3-6)8-4-9(8)12/h1-3,8-9H,4,12H2/t8-,9+/m0/s1. The van der Waals surface area contributed by atoms with Crippen molar-refractivity contribution in [3.8, 4) is 0 Å². The third kappa shape index (κ3) is 1.73. The Morgan fingerprint density at radius 1 is 1.17 bits per heavy atom. The molecule has 0 bridgehead atoms. The van der Waals surface area contributed by atoms with Crippen LogP contribution in [0.25, 0.3) is 0 Å². The van der Waals surface area contributed by atoms with Gasteiger partial charge in [0.25, 0.3) is 0 Å². The summed E-state index contributed by atoms with van der Waals surface area (Å²) in [7, 11) is 0. The quantitative estimate of drug-likeness (QED) is 0.845. The number of hydrogen-bond donors (Lipinski definition) is 1. The molecule has 1 nitrogen and oxygen atoms in total. The Morgan fingerprint density at radius 2 is 1.67 bits per heavy atom. The highest BCUT2D eigenvalue weighted by atomic mass is 79.9. The van der Waals surface area contributed by atoms with Gasteiger partial charge in [-0.1, -0.05) is 31.9 Å². The zero-order valence-corrected chi connectivity index (χ0v) is 9.60. The topological polar surface area (TPSA) is 26.0 Å². The monoisotopic (exact) mass is 289 g/mol. The number of benzene rings is 1. The minimum Gasteiger partial charge on any atom is -0.327 e. The maximum Gasteiger partial charge on any atom is 0.0189 e. The average Bonchev–Trinajstić information content (AvgIpc) is 2.64. The Kier molecular flexibility index (Phi) is 2.27. The highest BCUT2D eigenvalue weighted by Gasteiger charge is 2.34. The van der Waals surface area contributed by atoms with E-state index in [-0.39, 0.29) is 0 Å². The highest BCUT2D eigenvalue weighted by Crippen LogP contribution is 2.40. The molecule has 0 saturated heterocycles. The first kappa shape index (κ1) is 8.73. The molecule has 0 aliphatic heterocycles. The van der Waals surface area contributed by atoms with Crippen molar-refractivity contribution in [2.75, 3.05) is 0 Å². The van der Waals surface area contributed by atoms with Crippen LogP contribution in [0.1, 0.15) is 17.9 Å². The van der Waals surface area contributed by atoms with Gasteiger partial charge in [-0.25, -0.2) is 0 Å². The molecule has 0 amide bonds. The average molecular weight is 291 g/mol. The molecule has 12 heavy (non-hydrogen) atoms. The van der Waals surface area contributed by atoms with E-state index in [0.29, 0.717) is 12.0 Å². The van der Waals surface area contributed by atoms with Crippen LogP contribution < -0.4 is 5.73 Å². The molecule has 0 unspecified atom stereocenters. The second-order valence-corrected chi connectivity index (χ2v) is 5.04. The Hall–Kier alpha value is 0.140. The molecule has 0 spiro atoms. The number of hydrogen-bond acceptors (Lipinski definition) is 1. The van der Waals surface area contributed by atoms with Crippen molar-refractivity contribution in [1.29, 1.82) is 0 Å². The number of rotatable bonds is 1. The Morgan fingerprint density at radius 3 is 2.08 bits per heavy atom. The van der Waals surface area contributed by atoms with Crippen LogP contribution in [0.5, 0.6) is 0 Å². The summed E-state index contributed by atoms with van der Waals surface area (Å²) in [4.78, 5) is 0. The van der Waals surface area contributed by atoms with Gasteiger partial charge in [-0.3, -0.25) is 0 Å². The molecular formula is C9H9Br2N. The van der Waals surface area contributed by atoms with Gasteiger partial charge in [0.2, 0.25) is 0 Å². The molecule has 2 atom stereocenters. The lowest BCUT2D eigenvalue weighted by molar-refractivity contribution is 0.988. The Labute approximate surface area is 88.6 Å². The summed E-state index contributed by atoms with van der Waals surface area (Å²) >= 11 is 6.92. The molecule has 0 heterocycles. The van der Waals surface area contributed by atoms with Gasteiger partial charge in [-0.15, -0.1) is 0 Å². The highest BCUT2D eigenvalue weighted by molar-refractivity contribution is 9.11. The molecule has 64 valence electrons. The van der Waals surface area contributed by atoms with Gasteiger partial charge < -0.3 is 5.73 Å². The molecule has 1 aliphatic rings. The number of halogens is 2. The van der Waals surface area contributed by atoms with Crippen LogP contribution in [0.2, 0.25) is 0 Å². The van der Waals surface area contributed by atoms with Crippen LogP contribution in [0.4, 0.5) is 0 Å². The summed E-state index contributed by atoms with van der Waals surface area (Å²) < 4.78 is 2.23. The fourth-order valence-corrected chi connectivity index (χ4v) is 2.72. The van der Waals surface area contributed by atoms with Gasteiger partial charge in [0.05, 0.1) is 0 Å². The largest absolute Gasteiger partial charge is 0.327 e. The van der Waals surface area contributed by atoms with Crippen LogP contribution in [0.15, 0.2) is 27.1 Å².